The van der Waals surface area contributed by atoms with Crippen LogP contribution in [0.4, 0.5) is 15.9 Å². The molecule has 0 aliphatic carbocycles. The van der Waals surface area contributed by atoms with Gasteiger partial charge in [-0.1, -0.05) is 12.1 Å². The van der Waals surface area contributed by atoms with E-state index in [2.05, 4.69) is 15.6 Å². The average Bonchev–Trinajstić information content (AvgIpc) is 2.82. The highest BCUT2D eigenvalue weighted by Crippen LogP contribution is 2.31. The topological polar surface area (TPSA) is 98.3 Å². The standard InChI is InChI=1S/C27H28FN5O3/c1-5-35-20-9-10-22-21(15-20)26(30-18-11-12-29-23(28)14-18)32-25(31-22)17-7-6-8-19(13-17)36-16-24(34)33-27(2,3)4/h6-15H,5,16H2,1-4H3,(H,33,34)(H,29,30,31,32). The number of nitrogens with zero attached hydrogens (tertiary/aromatic N) is 3. The van der Waals surface area contributed by atoms with E-state index in [1.165, 1.54) is 12.3 Å². The fraction of sp³-hybridized carbons (Fsp3) is 0.259. The van der Waals surface area contributed by atoms with Gasteiger partial charge in [0.25, 0.3) is 5.91 Å². The lowest BCUT2D eigenvalue weighted by atomic mass is 10.1. The second kappa shape index (κ2) is 10.6. The van der Waals surface area contributed by atoms with Crippen LogP contribution in [-0.2, 0) is 4.79 Å². The lowest BCUT2D eigenvalue weighted by molar-refractivity contribution is -0.124. The molecule has 36 heavy (non-hydrogen) atoms. The SMILES string of the molecule is CCOc1ccc2nc(-c3cccc(OCC(=O)NC(C)(C)C)c3)nc(Nc3ccnc(F)c3)c2c1. The quantitative estimate of drug-likeness (QED) is 0.326. The molecule has 0 fully saturated rings. The Bertz CT molecular complexity index is 1390. The molecule has 0 unspecified atom stereocenters. The number of anilines is 2. The molecule has 4 aromatic rings. The number of rotatable bonds is 8. The molecule has 0 aliphatic heterocycles. The molecular weight excluding hydrogens is 461 g/mol. The monoisotopic (exact) mass is 489 g/mol. The highest BCUT2D eigenvalue weighted by Gasteiger charge is 2.15. The molecular formula is C27H28FN5O3. The van der Waals surface area contributed by atoms with Crippen LogP contribution in [0.15, 0.2) is 60.8 Å². The van der Waals surface area contributed by atoms with E-state index >= 15 is 0 Å². The van der Waals surface area contributed by atoms with Gasteiger partial charge >= 0.3 is 0 Å². The molecule has 0 saturated heterocycles. The van der Waals surface area contributed by atoms with Gasteiger partial charge in [0.1, 0.15) is 17.3 Å². The van der Waals surface area contributed by atoms with Crippen molar-refractivity contribution in [3.8, 4) is 22.9 Å². The van der Waals surface area contributed by atoms with Crippen molar-refractivity contribution >= 4 is 28.3 Å². The number of fused-ring (bicyclic) bond motifs is 1. The summed E-state index contributed by atoms with van der Waals surface area (Å²) in [7, 11) is 0. The first-order valence-corrected chi connectivity index (χ1v) is 11.6. The van der Waals surface area contributed by atoms with E-state index in [0.717, 1.165) is 0 Å². The zero-order chi connectivity index (χ0) is 25.7. The maximum atomic E-state index is 13.7. The molecule has 4 rings (SSSR count). The van der Waals surface area contributed by atoms with E-state index in [1.807, 2.05) is 58.0 Å². The Hall–Kier alpha value is -4.27. The molecule has 9 heteroatoms. The molecule has 2 aromatic carbocycles. The number of hydrogen-bond acceptors (Lipinski definition) is 7. The van der Waals surface area contributed by atoms with E-state index in [0.29, 0.717) is 51.9 Å². The molecule has 0 radical (unpaired) electrons. The molecule has 2 aromatic heterocycles. The van der Waals surface area contributed by atoms with Crippen LogP contribution in [0, 0.1) is 5.95 Å². The van der Waals surface area contributed by atoms with Gasteiger partial charge in [-0.05, 0) is 64.1 Å². The maximum Gasteiger partial charge on any atom is 0.258 e. The van der Waals surface area contributed by atoms with Gasteiger partial charge in [0.2, 0.25) is 5.95 Å². The number of aromatic nitrogens is 3. The Morgan fingerprint density at radius 1 is 1.00 bits per heavy atom. The Morgan fingerprint density at radius 2 is 1.81 bits per heavy atom. The first kappa shape index (κ1) is 24.8. The third-order valence-electron chi connectivity index (χ3n) is 4.94. The van der Waals surface area contributed by atoms with Gasteiger partial charge in [-0.3, -0.25) is 4.79 Å². The molecule has 2 N–H and O–H groups in total. The van der Waals surface area contributed by atoms with Crippen LogP contribution in [0.25, 0.3) is 22.3 Å². The predicted octanol–water partition coefficient (Wildman–Crippen LogP) is 5.27. The summed E-state index contributed by atoms with van der Waals surface area (Å²) in [5.74, 6) is 1.29. The molecule has 8 nitrogen and oxygen atoms in total. The fourth-order valence-electron chi connectivity index (χ4n) is 3.53. The molecule has 0 aliphatic rings. The third-order valence-corrected chi connectivity index (χ3v) is 4.94. The largest absolute Gasteiger partial charge is 0.494 e. The normalized spacial score (nSPS) is 11.2. The molecule has 0 spiro atoms. The molecule has 0 bridgehead atoms. The van der Waals surface area contributed by atoms with Crippen LogP contribution in [0.3, 0.4) is 0 Å². The van der Waals surface area contributed by atoms with Gasteiger partial charge in [0.05, 0.1) is 12.1 Å². The van der Waals surface area contributed by atoms with Gasteiger partial charge in [-0.25, -0.2) is 15.0 Å². The lowest BCUT2D eigenvalue weighted by Crippen LogP contribution is -2.43. The van der Waals surface area contributed by atoms with Gasteiger partial charge in [-0.15, -0.1) is 0 Å². The maximum absolute atomic E-state index is 13.7. The number of carbonyl (C=O) groups is 1. The van der Waals surface area contributed by atoms with Gasteiger partial charge in [0, 0.05) is 34.4 Å². The van der Waals surface area contributed by atoms with E-state index in [-0.39, 0.29) is 18.1 Å². The lowest BCUT2D eigenvalue weighted by Gasteiger charge is -2.20. The summed E-state index contributed by atoms with van der Waals surface area (Å²) in [5.41, 5.74) is 1.53. The van der Waals surface area contributed by atoms with Crippen LogP contribution in [0.2, 0.25) is 0 Å². The summed E-state index contributed by atoms with van der Waals surface area (Å²) in [6.45, 7) is 8.04. The van der Waals surface area contributed by atoms with Crippen molar-refractivity contribution in [1.82, 2.24) is 20.3 Å². The van der Waals surface area contributed by atoms with Crippen LogP contribution in [0.1, 0.15) is 27.7 Å². The van der Waals surface area contributed by atoms with E-state index in [1.54, 1.807) is 18.2 Å². The van der Waals surface area contributed by atoms with E-state index in [9.17, 15) is 9.18 Å². The summed E-state index contributed by atoms with van der Waals surface area (Å²) in [6.07, 6.45) is 1.38. The predicted molar refractivity (Wildman–Crippen MR) is 137 cm³/mol. The number of hydrogen-bond donors (Lipinski definition) is 2. The number of ether oxygens (including phenoxy) is 2. The summed E-state index contributed by atoms with van der Waals surface area (Å²) >= 11 is 0. The summed E-state index contributed by atoms with van der Waals surface area (Å²) in [6, 6.07) is 15.7. The second-order valence-electron chi connectivity index (χ2n) is 9.11. The summed E-state index contributed by atoms with van der Waals surface area (Å²) in [4.78, 5) is 25.2. The van der Waals surface area contributed by atoms with E-state index < -0.39 is 5.95 Å². The summed E-state index contributed by atoms with van der Waals surface area (Å²) in [5, 5.41) is 6.75. The van der Waals surface area contributed by atoms with Crippen LogP contribution in [-0.4, -0.2) is 39.6 Å². The molecule has 2 heterocycles. The molecule has 1 amide bonds. The smallest absolute Gasteiger partial charge is 0.258 e. The first-order chi connectivity index (χ1) is 17.2. The second-order valence-corrected chi connectivity index (χ2v) is 9.11. The average molecular weight is 490 g/mol. The van der Waals surface area contributed by atoms with Gasteiger partial charge in [-0.2, -0.15) is 4.39 Å². The zero-order valence-corrected chi connectivity index (χ0v) is 20.6. The van der Waals surface area contributed by atoms with Crippen molar-refractivity contribution in [2.75, 3.05) is 18.5 Å². The van der Waals surface area contributed by atoms with Crippen molar-refractivity contribution in [1.29, 1.82) is 0 Å². The van der Waals surface area contributed by atoms with Crippen LogP contribution < -0.4 is 20.1 Å². The first-order valence-electron chi connectivity index (χ1n) is 11.6. The Balaban J connectivity index is 1.68. The fourth-order valence-corrected chi connectivity index (χ4v) is 3.53. The summed E-state index contributed by atoms with van der Waals surface area (Å²) < 4.78 is 25.1. The van der Waals surface area contributed by atoms with Crippen molar-refractivity contribution in [2.24, 2.45) is 0 Å². The zero-order valence-electron chi connectivity index (χ0n) is 20.6. The highest BCUT2D eigenvalue weighted by atomic mass is 19.1. The van der Waals surface area contributed by atoms with Crippen LogP contribution >= 0.6 is 0 Å². The Kier molecular flexibility index (Phi) is 7.28. The molecule has 186 valence electrons. The molecule has 0 saturated carbocycles. The number of halogens is 1. The van der Waals surface area contributed by atoms with Crippen molar-refractivity contribution in [3.05, 3.63) is 66.7 Å². The number of amides is 1. The minimum Gasteiger partial charge on any atom is -0.494 e. The van der Waals surface area contributed by atoms with E-state index in [4.69, 9.17) is 19.4 Å². The third kappa shape index (κ3) is 6.44. The van der Waals surface area contributed by atoms with Gasteiger partial charge < -0.3 is 20.1 Å². The number of pyridine rings is 1. The van der Waals surface area contributed by atoms with Crippen molar-refractivity contribution in [3.63, 3.8) is 0 Å². The number of carbonyl (C=O) groups excluding carboxylic acids is 1. The number of nitrogens with one attached hydrogen (secondary N) is 2. The Morgan fingerprint density at radius 3 is 2.56 bits per heavy atom. The number of benzene rings is 2. The van der Waals surface area contributed by atoms with Crippen molar-refractivity contribution < 1.29 is 18.7 Å². The Labute approximate surface area is 208 Å². The van der Waals surface area contributed by atoms with Crippen LogP contribution in [0.5, 0.6) is 11.5 Å². The minimum absolute atomic E-state index is 0.111. The minimum atomic E-state index is -0.603. The van der Waals surface area contributed by atoms with Crippen molar-refractivity contribution in [2.45, 2.75) is 33.2 Å². The molecule has 0 atom stereocenters. The van der Waals surface area contributed by atoms with Gasteiger partial charge in [0.15, 0.2) is 12.4 Å². The highest BCUT2D eigenvalue weighted by molar-refractivity contribution is 5.93.